The molecule has 0 amide bonds. The van der Waals surface area contributed by atoms with Crippen LogP contribution in [0.25, 0.3) is 0 Å². The third kappa shape index (κ3) is 3.54. The van der Waals surface area contributed by atoms with Gasteiger partial charge >= 0.3 is 0 Å². The van der Waals surface area contributed by atoms with E-state index in [1.54, 1.807) is 6.07 Å². The van der Waals surface area contributed by atoms with Gasteiger partial charge in [-0.05, 0) is 31.7 Å². The van der Waals surface area contributed by atoms with E-state index in [2.05, 4.69) is 17.2 Å². The number of halogens is 2. The third-order valence-electron chi connectivity index (χ3n) is 1.97. The summed E-state index contributed by atoms with van der Waals surface area (Å²) in [5.41, 5.74) is 1.25. The minimum absolute atomic E-state index is 0.359. The van der Waals surface area contributed by atoms with Gasteiger partial charge in [-0.1, -0.05) is 23.4 Å². The van der Waals surface area contributed by atoms with E-state index < -0.39 is 0 Å². The minimum atomic E-state index is -0.359. The van der Waals surface area contributed by atoms with E-state index in [9.17, 15) is 4.39 Å². The van der Waals surface area contributed by atoms with Crippen molar-refractivity contribution in [2.24, 2.45) is 0 Å². The normalized spacial score (nSPS) is 9.60. The summed E-state index contributed by atoms with van der Waals surface area (Å²) in [6.45, 7) is 2.64. The Morgan fingerprint density at radius 1 is 1.47 bits per heavy atom. The molecule has 0 spiro atoms. The summed E-state index contributed by atoms with van der Waals surface area (Å²) >= 11 is 5.77. The fourth-order valence-corrected chi connectivity index (χ4v) is 1.25. The molecular formula is C12H13ClFN. The first-order chi connectivity index (χ1) is 7.15. The molecule has 0 aromatic heterocycles. The van der Waals surface area contributed by atoms with Crippen molar-refractivity contribution in [2.45, 2.75) is 13.3 Å². The Morgan fingerprint density at radius 2 is 2.20 bits per heavy atom. The zero-order valence-electron chi connectivity index (χ0n) is 8.82. The van der Waals surface area contributed by atoms with Crippen molar-refractivity contribution >= 4 is 11.6 Å². The second kappa shape index (κ2) is 5.75. The third-order valence-corrected chi connectivity index (χ3v) is 2.38. The molecule has 0 bridgehead atoms. The van der Waals surface area contributed by atoms with E-state index in [0.717, 1.165) is 12.1 Å². The number of hydrogen-bond donors (Lipinski definition) is 1. The predicted molar refractivity (Wildman–Crippen MR) is 61.6 cm³/mol. The lowest BCUT2D eigenvalue weighted by molar-refractivity contribution is 0.624. The molecule has 1 N–H and O–H groups in total. The highest BCUT2D eigenvalue weighted by Crippen LogP contribution is 2.19. The van der Waals surface area contributed by atoms with E-state index in [1.807, 2.05) is 14.0 Å². The Morgan fingerprint density at radius 3 is 2.87 bits per heavy atom. The molecule has 0 atom stereocenters. The molecule has 0 radical (unpaired) electrons. The molecule has 80 valence electrons. The lowest BCUT2D eigenvalue weighted by Gasteiger charge is -1.99. The van der Waals surface area contributed by atoms with Gasteiger partial charge in [-0.25, -0.2) is 4.39 Å². The van der Waals surface area contributed by atoms with Crippen LogP contribution >= 0.6 is 11.6 Å². The van der Waals surface area contributed by atoms with Gasteiger partial charge in [0.1, 0.15) is 5.82 Å². The smallest absolute Gasteiger partial charge is 0.140 e. The van der Waals surface area contributed by atoms with Crippen molar-refractivity contribution in [3.8, 4) is 11.8 Å². The van der Waals surface area contributed by atoms with Crippen LogP contribution < -0.4 is 5.32 Å². The van der Waals surface area contributed by atoms with Crippen LogP contribution in [0, 0.1) is 24.6 Å². The van der Waals surface area contributed by atoms with Crippen molar-refractivity contribution in [3.05, 3.63) is 34.1 Å². The number of benzene rings is 1. The molecule has 0 aliphatic rings. The molecule has 0 aliphatic heterocycles. The standard InChI is InChI=1S/C12H13ClFN/c1-9-7-10(5-3-4-6-15-2)12(14)8-11(9)13/h7-8,15H,4,6H2,1-2H3. The molecule has 1 rings (SSSR count). The number of rotatable bonds is 2. The van der Waals surface area contributed by atoms with Gasteiger partial charge in [-0.2, -0.15) is 0 Å². The quantitative estimate of drug-likeness (QED) is 0.603. The first kappa shape index (κ1) is 12.0. The van der Waals surface area contributed by atoms with Crippen LogP contribution in [0.1, 0.15) is 17.5 Å². The maximum absolute atomic E-state index is 13.3. The van der Waals surface area contributed by atoms with Gasteiger partial charge in [0.2, 0.25) is 0 Å². The largest absolute Gasteiger partial charge is 0.319 e. The molecule has 0 aliphatic carbocycles. The summed E-state index contributed by atoms with van der Waals surface area (Å²) in [7, 11) is 1.86. The molecular weight excluding hydrogens is 213 g/mol. The Kier molecular flexibility index (Phi) is 4.61. The van der Waals surface area contributed by atoms with Crippen molar-refractivity contribution < 1.29 is 4.39 Å². The fourth-order valence-electron chi connectivity index (χ4n) is 1.10. The second-order valence-electron chi connectivity index (χ2n) is 3.24. The maximum Gasteiger partial charge on any atom is 0.140 e. The zero-order chi connectivity index (χ0) is 11.3. The lowest BCUT2D eigenvalue weighted by atomic mass is 10.1. The summed E-state index contributed by atoms with van der Waals surface area (Å²) in [5, 5.41) is 3.41. The number of nitrogens with one attached hydrogen (secondary N) is 1. The van der Waals surface area contributed by atoms with E-state index in [0.29, 0.717) is 17.0 Å². The van der Waals surface area contributed by atoms with Crippen LogP contribution in [-0.2, 0) is 0 Å². The molecule has 3 heteroatoms. The minimum Gasteiger partial charge on any atom is -0.319 e. The molecule has 0 saturated carbocycles. The SMILES string of the molecule is CNCCC#Cc1cc(C)c(Cl)cc1F. The number of hydrogen-bond acceptors (Lipinski definition) is 1. The topological polar surface area (TPSA) is 12.0 Å². The molecule has 15 heavy (non-hydrogen) atoms. The molecule has 1 aromatic carbocycles. The molecule has 0 saturated heterocycles. The van der Waals surface area contributed by atoms with Crippen LogP contribution in [0.5, 0.6) is 0 Å². The van der Waals surface area contributed by atoms with E-state index in [1.165, 1.54) is 6.07 Å². The van der Waals surface area contributed by atoms with Crippen LogP contribution in [0.3, 0.4) is 0 Å². The Balaban J connectivity index is 2.84. The van der Waals surface area contributed by atoms with Gasteiger partial charge in [0.05, 0.1) is 5.56 Å². The molecule has 1 aromatic rings. The molecule has 1 nitrogen and oxygen atoms in total. The summed E-state index contributed by atoms with van der Waals surface area (Å²) in [5.74, 6) is 5.33. The van der Waals surface area contributed by atoms with Gasteiger partial charge in [-0.15, -0.1) is 0 Å². The Bertz CT molecular complexity index is 404. The zero-order valence-corrected chi connectivity index (χ0v) is 9.58. The van der Waals surface area contributed by atoms with Crippen molar-refractivity contribution in [1.82, 2.24) is 5.32 Å². The Labute approximate surface area is 94.6 Å². The second-order valence-corrected chi connectivity index (χ2v) is 3.64. The number of aryl methyl sites for hydroxylation is 1. The Hall–Kier alpha value is -1.04. The maximum atomic E-state index is 13.3. The van der Waals surface area contributed by atoms with Crippen LogP contribution in [0.2, 0.25) is 5.02 Å². The fraction of sp³-hybridized carbons (Fsp3) is 0.333. The van der Waals surface area contributed by atoms with Gasteiger partial charge in [0.15, 0.2) is 0 Å². The summed E-state index contributed by atoms with van der Waals surface area (Å²) in [6, 6.07) is 2.98. The van der Waals surface area contributed by atoms with Gasteiger partial charge in [0.25, 0.3) is 0 Å². The van der Waals surface area contributed by atoms with E-state index in [-0.39, 0.29) is 5.82 Å². The van der Waals surface area contributed by atoms with Crippen LogP contribution in [0.4, 0.5) is 4.39 Å². The van der Waals surface area contributed by atoms with Gasteiger partial charge in [-0.3, -0.25) is 0 Å². The van der Waals surface area contributed by atoms with Crippen molar-refractivity contribution in [2.75, 3.05) is 13.6 Å². The van der Waals surface area contributed by atoms with Crippen LogP contribution in [-0.4, -0.2) is 13.6 Å². The molecule has 0 fully saturated rings. The highest BCUT2D eigenvalue weighted by molar-refractivity contribution is 6.31. The summed E-state index contributed by atoms with van der Waals surface area (Å²) < 4.78 is 13.3. The van der Waals surface area contributed by atoms with E-state index in [4.69, 9.17) is 11.6 Å². The summed E-state index contributed by atoms with van der Waals surface area (Å²) in [6.07, 6.45) is 0.706. The van der Waals surface area contributed by atoms with E-state index >= 15 is 0 Å². The van der Waals surface area contributed by atoms with Gasteiger partial charge < -0.3 is 5.32 Å². The highest BCUT2D eigenvalue weighted by Gasteiger charge is 2.03. The average molecular weight is 226 g/mol. The first-order valence-corrected chi connectivity index (χ1v) is 5.12. The van der Waals surface area contributed by atoms with Crippen molar-refractivity contribution in [1.29, 1.82) is 0 Å². The lowest BCUT2D eigenvalue weighted by Crippen LogP contribution is -2.05. The molecule has 0 heterocycles. The highest BCUT2D eigenvalue weighted by atomic mass is 35.5. The van der Waals surface area contributed by atoms with Crippen molar-refractivity contribution in [3.63, 3.8) is 0 Å². The average Bonchev–Trinajstić information content (AvgIpc) is 2.20. The van der Waals surface area contributed by atoms with Gasteiger partial charge in [0, 0.05) is 18.0 Å². The first-order valence-electron chi connectivity index (χ1n) is 4.74. The molecule has 0 unspecified atom stereocenters. The predicted octanol–water partition coefficient (Wildman–Crippen LogP) is 2.75. The van der Waals surface area contributed by atoms with Crippen LogP contribution in [0.15, 0.2) is 12.1 Å². The monoisotopic (exact) mass is 225 g/mol. The summed E-state index contributed by atoms with van der Waals surface area (Å²) in [4.78, 5) is 0.